The average molecular weight is 251 g/mol. The van der Waals surface area contributed by atoms with E-state index in [1.54, 1.807) is 0 Å². The quantitative estimate of drug-likeness (QED) is 0.272. The van der Waals surface area contributed by atoms with E-state index in [2.05, 4.69) is 0 Å². The van der Waals surface area contributed by atoms with Crippen molar-refractivity contribution in [2.24, 2.45) is 5.73 Å². The van der Waals surface area contributed by atoms with Gasteiger partial charge in [-0.3, -0.25) is 0 Å². The maximum absolute atomic E-state index is 9.59. The highest BCUT2D eigenvalue weighted by molar-refractivity contribution is 4.84. The summed E-state index contributed by atoms with van der Waals surface area (Å²) in [5.74, 6) is 0. The van der Waals surface area contributed by atoms with Gasteiger partial charge in [-0.05, 0) is 6.42 Å². The molecule has 0 amide bonds. The molecule has 0 aliphatic rings. The maximum Gasteiger partial charge on any atom is 0.111 e. The fraction of sp³-hybridized carbons (Fsp3) is 1.00. The minimum atomic E-state index is -1.61. The molecular weight excluding hydrogens is 226 g/mol. The third-order valence-electron chi connectivity index (χ3n) is 2.83. The van der Waals surface area contributed by atoms with Gasteiger partial charge in [0.1, 0.15) is 18.3 Å². The molecular formula is C11H25NO5. The van der Waals surface area contributed by atoms with Crippen molar-refractivity contribution >= 4 is 0 Å². The monoisotopic (exact) mass is 251 g/mol. The number of rotatable bonds is 9. The third-order valence-corrected chi connectivity index (χ3v) is 2.83. The number of hydrogen-bond donors (Lipinski definition) is 6. The summed E-state index contributed by atoms with van der Waals surface area (Å²) in [4.78, 5) is 0. The van der Waals surface area contributed by atoms with Crippen LogP contribution in [0.25, 0.3) is 0 Å². The molecule has 0 saturated carbocycles. The van der Waals surface area contributed by atoms with Crippen LogP contribution in [0.4, 0.5) is 0 Å². The number of unbranched alkanes of at least 4 members (excludes halogenated alkanes) is 2. The van der Waals surface area contributed by atoms with E-state index in [4.69, 9.17) is 5.73 Å². The molecule has 0 aliphatic heterocycles. The first-order chi connectivity index (χ1) is 7.95. The van der Waals surface area contributed by atoms with Crippen molar-refractivity contribution in [3.8, 4) is 0 Å². The Morgan fingerprint density at radius 1 is 0.824 bits per heavy atom. The standard InChI is InChI=1S/C11H25NO5/c1-2-3-4-5-7(13)9(15)11(17)10(16)8(14)6-12/h7-11,13-17H,2-6,12H2,1H3. The van der Waals surface area contributed by atoms with Crippen molar-refractivity contribution in [1.29, 1.82) is 0 Å². The Labute approximate surface area is 102 Å². The van der Waals surface area contributed by atoms with Crippen LogP contribution in [0.1, 0.15) is 32.6 Å². The predicted octanol–water partition coefficient (Wildman–Crippen LogP) is -1.67. The van der Waals surface area contributed by atoms with Gasteiger partial charge in [-0.1, -0.05) is 26.2 Å². The van der Waals surface area contributed by atoms with Gasteiger partial charge in [0.25, 0.3) is 0 Å². The first kappa shape index (κ1) is 16.8. The van der Waals surface area contributed by atoms with Crippen LogP contribution in [0.15, 0.2) is 0 Å². The van der Waals surface area contributed by atoms with Gasteiger partial charge < -0.3 is 31.3 Å². The Bertz CT molecular complexity index is 193. The zero-order chi connectivity index (χ0) is 13.4. The van der Waals surface area contributed by atoms with Crippen LogP contribution in [-0.2, 0) is 0 Å². The molecule has 0 aromatic carbocycles. The van der Waals surface area contributed by atoms with Crippen molar-refractivity contribution in [3.63, 3.8) is 0 Å². The van der Waals surface area contributed by atoms with Crippen LogP contribution >= 0.6 is 0 Å². The molecule has 6 heteroatoms. The van der Waals surface area contributed by atoms with Crippen molar-refractivity contribution in [2.75, 3.05) is 6.54 Å². The fourth-order valence-electron chi connectivity index (χ4n) is 1.57. The first-order valence-electron chi connectivity index (χ1n) is 6.06. The Hall–Kier alpha value is -0.240. The van der Waals surface area contributed by atoms with Crippen molar-refractivity contribution < 1.29 is 25.5 Å². The molecule has 0 aliphatic carbocycles. The molecule has 7 N–H and O–H groups in total. The molecule has 5 atom stereocenters. The van der Waals surface area contributed by atoms with Crippen molar-refractivity contribution in [1.82, 2.24) is 0 Å². The molecule has 6 nitrogen and oxygen atoms in total. The number of aliphatic hydroxyl groups is 5. The van der Waals surface area contributed by atoms with Gasteiger partial charge >= 0.3 is 0 Å². The first-order valence-corrected chi connectivity index (χ1v) is 6.06. The molecule has 0 spiro atoms. The van der Waals surface area contributed by atoms with E-state index in [1.807, 2.05) is 6.92 Å². The highest BCUT2D eigenvalue weighted by atomic mass is 16.4. The molecule has 0 bridgehead atoms. The zero-order valence-corrected chi connectivity index (χ0v) is 10.2. The Balaban J connectivity index is 4.13. The van der Waals surface area contributed by atoms with Gasteiger partial charge in [0, 0.05) is 6.54 Å². The van der Waals surface area contributed by atoms with Crippen LogP contribution in [0, 0.1) is 0 Å². The van der Waals surface area contributed by atoms with Crippen LogP contribution in [0.3, 0.4) is 0 Å². The van der Waals surface area contributed by atoms with E-state index in [1.165, 1.54) is 0 Å². The summed E-state index contributed by atoms with van der Waals surface area (Å²) < 4.78 is 0. The van der Waals surface area contributed by atoms with Gasteiger partial charge in [0.15, 0.2) is 0 Å². The number of hydrogen-bond acceptors (Lipinski definition) is 6. The van der Waals surface area contributed by atoms with Gasteiger partial charge in [0.2, 0.25) is 0 Å². The van der Waals surface area contributed by atoms with Gasteiger partial charge in [-0.25, -0.2) is 0 Å². The molecule has 5 unspecified atom stereocenters. The van der Waals surface area contributed by atoms with Gasteiger partial charge in [-0.15, -0.1) is 0 Å². The lowest BCUT2D eigenvalue weighted by Gasteiger charge is -2.28. The second kappa shape index (κ2) is 8.79. The van der Waals surface area contributed by atoms with Crippen LogP contribution in [-0.4, -0.2) is 62.6 Å². The largest absolute Gasteiger partial charge is 0.390 e. The molecule has 17 heavy (non-hydrogen) atoms. The number of aliphatic hydroxyl groups excluding tert-OH is 5. The predicted molar refractivity (Wildman–Crippen MR) is 63.2 cm³/mol. The molecule has 0 saturated heterocycles. The summed E-state index contributed by atoms with van der Waals surface area (Å²) in [6.07, 6.45) is -4.09. The normalized spacial score (nSPS) is 20.6. The fourth-order valence-corrected chi connectivity index (χ4v) is 1.57. The van der Waals surface area contributed by atoms with E-state index in [0.29, 0.717) is 6.42 Å². The van der Waals surface area contributed by atoms with Crippen molar-refractivity contribution in [2.45, 2.75) is 63.1 Å². The summed E-state index contributed by atoms with van der Waals surface area (Å²) in [5.41, 5.74) is 5.12. The van der Waals surface area contributed by atoms with E-state index in [9.17, 15) is 25.5 Å². The Kier molecular flexibility index (Phi) is 8.67. The lowest BCUT2D eigenvalue weighted by Crippen LogP contribution is -2.50. The van der Waals surface area contributed by atoms with Crippen molar-refractivity contribution in [3.05, 3.63) is 0 Å². The molecule has 0 radical (unpaired) electrons. The minimum Gasteiger partial charge on any atom is -0.390 e. The van der Waals surface area contributed by atoms with E-state index < -0.39 is 30.5 Å². The molecule has 104 valence electrons. The summed E-state index contributed by atoms with van der Waals surface area (Å²) >= 11 is 0. The molecule has 0 rings (SSSR count). The van der Waals surface area contributed by atoms with Gasteiger partial charge in [0.05, 0.1) is 12.2 Å². The second-order valence-electron chi connectivity index (χ2n) is 4.34. The minimum absolute atomic E-state index is 0.225. The summed E-state index contributed by atoms with van der Waals surface area (Å²) in [7, 11) is 0. The molecule has 0 aromatic heterocycles. The summed E-state index contributed by atoms with van der Waals surface area (Å²) in [6, 6.07) is 0. The topological polar surface area (TPSA) is 127 Å². The van der Waals surface area contributed by atoms with Crippen LogP contribution < -0.4 is 5.73 Å². The molecule has 0 fully saturated rings. The van der Waals surface area contributed by atoms with Crippen LogP contribution in [0.2, 0.25) is 0 Å². The van der Waals surface area contributed by atoms with Gasteiger partial charge in [-0.2, -0.15) is 0 Å². The Morgan fingerprint density at radius 2 is 1.35 bits per heavy atom. The lowest BCUT2D eigenvalue weighted by atomic mass is 9.96. The van der Waals surface area contributed by atoms with E-state index >= 15 is 0 Å². The molecule has 0 aromatic rings. The SMILES string of the molecule is CCCCCC(O)C(O)C(O)C(O)C(O)CN. The number of nitrogens with two attached hydrogens (primary N) is 1. The lowest BCUT2D eigenvalue weighted by molar-refractivity contribution is -0.133. The van der Waals surface area contributed by atoms with E-state index in [0.717, 1.165) is 19.3 Å². The highest BCUT2D eigenvalue weighted by Crippen LogP contribution is 2.13. The smallest absolute Gasteiger partial charge is 0.111 e. The highest BCUT2D eigenvalue weighted by Gasteiger charge is 2.33. The summed E-state index contributed by atoms with van der Waals surface area (Å²) in [5, 5.41) is 47.4. The summed E-state index contributed by atoms with van der Waals surface area (Å²) in [6.45, 7) is 1.79. The second-order valence-corrected chi connectivity index (χ2v) is 4.34. The Morgan fingerprint density at radius 3 is 1.82 bits per heavy atom. The maximum atomic E-state index is 9.59. The average Bonchev–Trinajstić information content (AvgIpc) is 2.35. The zero-order valence-electron chi connectivity index (χ0n) is 10.2. The van der Waals surface area contributed by atoms with Crippen LogP contribution in [0.5, 0.6) is 0 Å². The molecule has 0 heterocycles. The third kappa shape index (κ3) is 5.76. The van der Waals surface area contributed by atoms with E-state index in [-0.39, 0.29) is 6.54 Å².